The molecule has 1 N–H and O–H groups in total. The molecule has 0 saturated carbocycles. The highest BCUT2D eigenvalue weighted by molar-refractivity contribution is 8.00. The van der Waals surface area contributed by atoms with Gasteiger partial charge in [-0.05, 0) is 53.4 Å². The van der Waals surface area contributed by atoms with Crippen LogP contribution in [0, 0.1) is 0 Å². The normalized spacial score (nSPS) is 11.6. The SMILES string of the molecule is CC(C)(C)c1ccc(C(=O)Nc2ccc3nc(SCc4ccccn4)sc3c2)cc1. The van der Waals surface area contributed by atoms with Crippen molar-refractivity contribution < 1.29 is 4.79 Å². The molecule has 4 rings (SSSR count). The van der Waals surface area contributed by atoms with E-state index in [1.165, 1.54) is 5.56 Å². The number of hydrogen-bond acceptors (Lipinski definition) is 5. The monoisotopic (exact) mass is 433 g/mol. The highest BCUT2D eigenvalue weighted by Gasteiger charge is 2.15. The van der Waals surface area contributed by atoms with Crippen LogP contribution >= 0.6 is 23.1 Å². The van der Waals surface area contributed by atoms with Crippen molar-refractivity contribution in [1.82, 2.24) is 9.97 Å². The van der Waals surface area contributed by atoms with Crippen LogP contribution in [0.1, 0.15) is 42.4 Å². The Morgan fingerprint density at radius 1 is 1.07 bits per heavy atom. The molecule has 0 unspecified atom stereocenters. The number of benzene rings is 2. The first kappa shape index (κ1) is 20.6. The molecular formula is C24H23N3OS2. The summed E-state index contributed by atoms with van der Waals surface area (Å²) in [4.78, 5) is 21.7. The summed E-state index contributed by atoms with van der Waals surface area (Å²) in [6, 6.07) is 19.6. The summed E-state index contributed by atoms with van der Waals surface area (Å²) >= 11 is 3.31. The molecule has 4 aromatic rings. The van der Waals surface area contributed by atoms with Crippen molar-refractivity contribution >= 4 is 44.9 Å². The van der Waals surface area contributed by atoms with Crippen LogP contribution in [-0.4, -0.2) is 15.9 Å². The van der Waals surface area contributed by atoms with Crippen LogP contribution in [0.3, 0.4) is 0 Å². The van der Waals surface area contributed by atoms with Crippen molar-refractivity contribution in [2.45, 2.75) is 36.3 Å². The average molecular weight is 434 g/mol. The number of pyridine rings is 1. The van der Waals surface area contributed by atoms with E-state index >= 15 is 0 Å². The minimum Gasteiger partial charge on any atom is -0.322 e. The van der Waals surface area contributed by atoms with Gasteiger partial charge in [-0.25, -0.2) is 4.98 Å². The Balaban J connectivity index is 1.45. The van der Waals surface area contributed by atoms with E-state index in [-0.39, 0.29) is 11.3 Å². The second kappa shape index (κ2) is 8.58. The number of aromatic nitrogens is 2. The van der Waals surface area contributed by atoms with Gasteiger partial charge in [-0.1, -0.05) is 50.7 Å². The number of nitrogens with zero attached hydrogens (tertiary/aromatic N) is 2. The van der Waals surface area contributed by atoms with E-state index in [0.29, 0.717) is 5.56 Å². The lowest BCUT2D eigenvalue weighted by atomic mass is 9.87. The van der Waals surface area contributed by atoms with Crippen molar-refractivity contribution in [3.8, 4) is 0 Å². The standard InChI is InChI=1S/C24H23N3OS2/c1-24(2,3)17-9-7-16(8-10-17)22(28)26-18-11-12-20-21(14-18)30-23(27-20)29-15-19-6-4-5-13-25-19/h4-14H,15H2,1-3H3,(H,26,28). The Kier molecular flexibility index (Phi) is 5.88. The van der Waals surface area contributed by atoms with Crippen LogP contribution in [0.2, 0.25) is 0 Å². The fraction of sp³-hybridized carbons (Fsp3) is 0.208. The lowest BCUT2D eigenvalue weighted by molar-refractivity contribution is 0.102. The Labute approximate surface area is 184 Å². The molecule has 0 aliphatic rings. The van der Waals surface area contributed by atoms with Crippen LogP contribution in [0.5, 0.6) is 0 Å². The maximum absolute atomic E-state index is 12.6. The second-order valence-electron chi connectivity index (χ2n) is 8.05. The van der Waals surface area contributed by atoms with E-state index in [1.807, 2.05) is 60.7 Å². The van der Waals surface area contributed by atoms with Crippen molar-refractivity contribution in [3.63, 3.8) is 0 Å². The smallest absolute Gasteiger partial charge is 0.255 e. The summed E-state index contributed by atoms with van der Waals surface area (Å²) in [6.07, 6.45) is 1.81. The molecule has 0 bridgehead atoms. The molecule has 152 valence electrons. The molecule has 6 heteroatoms. The van der Waals surface area contributed by atoms with Crippen LogP contribution in [-0.2, 0) is 11.2 Å². The van der Waals surface area contributed by atoms with Gasteiger partial charge in [0.15, 0.2) is 4.34 Å². The van der Waals surface area contributed by atoms with E-state index in [9.17, 15) is 4.79 Å². The molecular weight excluding hydrogens is 410 g/mol. The van der Waals surface area contributed by atoms with E-state index in [2.05, 4.69) is 36.1 Å². The van der Waals surface area contributed by atoms with Gasteiger partial charge in [0, 0.05) is 23.2 Å². The van der Waals surface area contributed by atoms with Crippen LogP contribution in [0.25, 0.3) is 10.2 Å². The number of fused-ring (bicyclic) bond motifs is 1. The molecule has 2 aromatic heterocycles. The summed E-state index contributed by atoms with van der Waals surface area (Å²) in [5.41, 5.74) is 4.68. The van der Waals surface area contributed by atoms with Gasteiger partial charge in [-0.15, -0.1) is 11.3 Å². The van der Waals surface area contributed by atoms with Gasteiger partial charge in [-0.2, -0.15) is 0 Å². The van der Waals surface area contributed by atoms with E-state index in [0.717, 1.165) is 31.7 Å². The third kappa shape index (κ3) is 4.89. The minimum atomic E-state index is -0.107. The molecule has 4 nitrogen and oxygen atoms in total. The number of carbonyl (C=O) groups is 1. The number of nitrogens with one attached hydrogen (secondary N) is 1. The first-order valence-corrected chi connectivity index (χ1v) is 11.5. The highest BCUT2D eigenvalue weighted by Crippen LogP contribution is 2.32. The number of hydrogen-bond donors (Lipinski definition) is 1. The van der Waals surface area contributed by atoms with Crippen LogP contribution < -0.4 is 5.32 Å². The third-order valence-electron chi connectivity index (χ3n) is 4.71. The van der Waals surface area contributed by atoms with Gasteiger partial charge in [0.2, 0.25) is 0 Å². The zero-order chi connectivity index (χ0) is 21.1. The molecule has 2 aromatic carbocycles. The van der Waals surface area contributed by atoms with Gasteiger partial charge < -0.3 is 5.32 Å². The number of thioether (sulfide) groups is 1. The number of thiazole rings is 1. The van der Waals surface area contributed by atoms with E-state index in [1.54, 1.807) is 29.3 Å². The molecule has 2 heterocycles. The topological polar surface area (TPSA) is 54.9 Å². The molecule has 0 atom stereocenters. The van der Waals surface area contributed by atoms with Crippen molar-refractivity contribution in [2.75, 3.05) is 5.32 Å². The largest absolute Gasteiger partial charge is 0.322 e. The lowest BCUT2D eigenvalue weighted by Crippen LogP contribution is -2.14. The quantitative estimate of drug-likeness (QED) is 0.363. The van der Waals surface area contributed by atoms with Gasteiger partial charge in [0.05, 0.1) is 15.9 Å². The number of carbonyl (C=O) groups excluding carboxylic acids is 1. The Hall–Kier alpha value is -2.70. The molecule has 0 aliphatic carbocycles. The maximum atomic E-state index is 12.6. The Morgan fingerprint density at radius 2 is 1.87 bits per heavy atom. The Morgan fingerprint density at radius 3 is 2.57 bits per heavy atom. The third-order valence-corrected chi connectivity index (χ3v) is 6.90. The van der Waals surface area contributed by atoms with Gasteiger partial charge in [-0.3, -0.25) is 9.78 Å². The molecule has 0 radical (unpaired) electrons. The lowest BCUT2D eigenvalue weighted by Gasteiger charge is -2.19. The van der Waals surface area contributed by atoms with Crippen LogP contribution in [0.4, 0.5) is 5.69 Å². The van der Waals surface area contributed by atoms with E-state index < -0.39 is 0 Å². The van der Waals surface area contributed by atoms with Gasteiger partial charge >= 0.3 is 0 Å². The fourth-order valence-electron chi connectivity index (χ4n) is 2.99. The predicted molar refractivity (Wildman–Crippen MR) is 127 cm³/mol. The summed E-state index contributed by atoms with van der Waals surface area (Å²) in [7, 11) is 0. The summed E-state index contributed by atoms with van der Waals surface area (Å²) in [5.74, 6) is 0.679. The molecule has 0 fully saturated rings. The molecule has 1 amide bonds. The maximum Gasteiger partial charge on any atom is 0.255 e. The number of anilines is 1. The van der Waals surface area contributed by atoms with Crippen LogP contribution in [0.15, 0.2) is 71.2 Å². The predicted octanol–water partition coefficient (Wildman–Crippen LogP) is 6.53. The highest BCUT2D eigenvalue weighted by atomic mass is 32.2. The summed E-state index contributed by atoms with van der Waals surface area (Å²) in [6.45, 7) is 6.49. The Bertz CT molecular complexity index is 1160. The van der Waals surface area contributed by atoms with E-state index in [4.69, 9.17) is 0 Å². The number of amides is 1. The molecule has 0 saturated heterocycles. The van der Waals surface area contributed by atoms with Crippen molar-refractivity contribution in [3.05, 3.63) is 83.7 Å². The minimum absolute atomic E-state index is 0.0680. The zero-order valence-corrected chi connectivity index (χ0v) is 18.8. The van der Waals surface area contributed by atoms with Crippen molar-refractivity contribution in [1.29, 1.82) is 0 Å². The number of rotatable bonds is 5. The molecule has 0 spiro atoms. The molecule has 0 aliphatic heterocycles. The summed E-state index contributed by atoms with van der Waals surface area (Å²) < 4.78 is 2.05. The molecule has 30 heavy (non-hydrogen) atoms. The van der Waals surface area contributed by atoms with Crippen molar-refractivity contribution in [2.24, 2.45) is 0 Å². The first-order valence-electron chi connectivity index (χ1n) is 9.74. The fourth-order valence-corrected chi connectivity index (χ4v) is 5.01. The first-order chi connectivity index (χ1) is 14.4. The second-order valence-corrected chi connectivity index (χ2v) is 10.3. The van der Waals surface area contributed by atoms with Gasteiger partial charge in [0.1, 0.15) is 0 Å². The zero-order valence-electron chi connectivity index (χ0n) is 17.2. The summed E-state index contributed by atoms with van der Waals surface area (Å²) in [5, 5.41) is 3.00. The van der Waals surface area contributed by atoms with Gasteiger partial charge in [0.25, 0.3) is 5.91 Å². The average Bonchev–Trinajstić information content (AvgIpc) is 3.15.